The number of benzene rings is 1. The number of nitrogens with zero attached hydrogens (tertiary/aromatic N) is 2. The monoisotopic (exact) mass is 371 g/mol. The minimum absolute atomic E-state index is 0.0446. The van der Waals surface area contributed by atoms with E-state index in [-0.39, 0.29) is 13.2 Å². The first-order valence-electron chi connectivity index (χ1n) is 7.88. The van der Waals surface area contributed by atoms with Crippen LogP contribution < -0.4 is 5.32 Å². The van der Waals surface area contributed by atoms with Gasteiger partial charge in [-0.3, -0.25) is 0 Å². The van der Waals surface area contributed by atoms with Crippen LogP contribution in [0.25, 0.3) is 10.7 Å². The average molecular weight is 371 g/mol. The zero-order valence-electron chi connectivity index (χ0n) is 13.7. The third kappa shape index (κ3) is 4.48. The summed E-state index contributed by atoms with van der Waals surface area (Å²) < 4.78 is 6.79. The summed E-state index contributed by atoms with van der Waals surface area (Å²) in [5.74, 6) is -0.488. The molecule has 0 saturated carbocycles. The SMILES string of the molecule is O=C(NC(Cn1ccnc1-c1cccs1)C(=O)O)OCc1ccccc1. The number of imidazole rings is 1. The molecule has 0 fully saturated rings. The molecule has 2 heterocycles. The standard InChI is InChI=1S/C18H17N3O4S/c22-17(23)14(20-18(24)25-12-13-5-2-1-3-6-13)11-21-9-8-19-16(21)15-7-4-10-26-15/h1-10,14H,11-12H2,(H,20,24)(H,22,23). The molecular weight excluding hydrogens is 354 g/mol. The van der Waals surface area contributed by atoms with Crippen molar-refractivity contribution in [3.8, 4) is 10.7 Å². The number of amides is 1. The molecule has 3 aromatic rings. The second-order valence-corrected chi connectivity index (χ2v) is 6.43. The third-order valence-corrected chi connectivity index (χ3v) is 4.51. The minimum atomic E-state index is -1.15. The number of nitrogens with one attached hydrogen (secondary N) is 1. The number of hydrogen-bond acceptors (Lipinski definition) is 5. The lowest BCUT2D eigenvalue weighted by Gasteiger charge is -2.16. The molecule has 8 heteroatoms. The highest BCUT2D eigenvalue weighted by molar-refractivity contribution is 7.13. The van der Waals surface area contributed by atoms with Crippen molar-refractivity contribution in [2.45, 2.75) is 19.2 Å². The van der Waals surface area contributed by atoms with Crippen LogP contribution in [0.3, 0.4) is 0 Å². The Morgan fingerprint density at radius 1 is 1.23 bits per heavy atom. The molecule has 1 aromatic carbocycles. The summed E-state index contributed by atoms with van der Waals surface area (Å²) in [4.78, 5) is 28.7. The van der Waals surface area contributed by atoms with Gasteiger partial charge in [-0.05, 0) is 17.0 Å². The van der Waals surface area contributed by atoms with Gasteiger partial charge in [0.2, 0.25) is 0 Å². The van der Waals surface area contributed by atoms with Gasteiger partial charge in [0.15, 0.2) is 0 Å². The first-order valence-corrected chi connectivity index (χ1v) is 8.76. The molecular formula is C18H17N3O4S. The van der Waals surface area contributed by atoms with Gasteiger partial charge >= 0.3 is 12.1 Å². The predicted molar refractivity (Wildman–Crippen MR) is 96.7 cm³/mol. The topological polar surface area (TPSA) is 93.5 Å². The fraction of sp³-hybridized carbons (Fsp3) is 0.167. The van der Waals surface area contributed by atoms with Crippen molar-refractivity contribution in [1.29, 1.82) is 0 Å². The van der Waals surface area contributed by atoms with E-state index in [0.29, 0.717) is 5.82 Å². The quantitative estimate of drug-likeness (QED) is 0.666. The van der Waals surface area contributed by atoms with Crippen LogP contribution in [-0.4, -0.2) is 32.8 Å². The fourth-order valence-electron chi connectivity index (χ4n) is 2.38. The molecule has 0 aliphatic carbocycles. The van der Waals surface area contributed by atoms with Crippen molar-refractivity contribution < 1.29 is 19.4 Å². The Morgan fingerprint density at radius 3 is 2.73 bits per heavy atom. The Bertz CT molecular complexity index is 862. The molecule has 0 bridgehead atoms. The molecule has 7 nitrogen and oxygen atoms in total. The van der Waals surface area contributed by atoms with E-state index in [0.717, 1.165) is 10.4 Å². The normalized spacial score (nSPS) is 11.7. The van der Waals surface area contributed by atoms with Crippen LogP contribution in [0, 0.1) is 0 Å². The van der Waals surface area contributed by atoms with Gasteiger partial charge in [0.1, 0.15) is 18.5 Å². The second-order valence-electron chi connectivity index (χ2n) is 5.48. The van der Waals surface area contributed by atoms with E-state index < -0.39 is 18.1 Å². The molecule has 0 radical (unpaired) electrons. The van der Waals surface area contributed by atoms with E-state index in [1.54, 1.807) is 17.0 Å². The molecule has 0 aliphatic rings. The summed E-state index contributed by atoms with van der Waals surface area (Å²) in [7, 11) is 0. The lowest BCUT2D eigenvalue weighted by Crippen LogP contribution is -2.43. The van der Waals surface area contributed by atoms with Gasteiger partial charge in [0, 0.05) is 12.4 Å². The Balaban J connectivity index is 1.62. The third-order valence-electron chi connectivity index (χ3n) is 3.64. The first kappa shape index (κ1) is 17.7. The van der Waals surface area contributed by atoms with Crippen LogP contribution in [0.2, 0.25) is 0 Å². The number of alkyl carbamates (subject to hydrolysis) is 1. The zero-order valence-corrected chi connectivity index (χ0v) is 14.6. The van der Waals surface area contributed by atoms with Crippen LogP contribution in [0.4, 0.5) is 4.79 Å². The number of aromatic nitrogens is 2. The van der Waals surface area contributed by atoms with Crippen molar-refractivity contribution >= 4 is 23.4 Å². The molecule has 134 valence electrons. The van der Waals surface area contributed by atoms with Crippen molar-refractivity contribution in [1.82, 2.24) is 14.9 Å². The summed E-state index contributed by atoms with van der Waals surface area (Å²) in [5, 5.41) is 13.7. The van der Waals surface area contributed by atoms with E-state index in [4.69, 9.17) is 4.74 Å². The number of carboxylic acids is 1. The molecule has 0 spiro atoms. The van der Waals surface area contributed by atoms with Gasteiger partial charge in [-0.15, -0.1) is 11.3 Å². The Morgan fingerprint density at radius 2 is 2.04 bits per heavy atom. The summed E-state index contributed by atoms with van der Waals surface area (Å²) in [6.07, 6.45) is 2.50. The van der Waals surface area contributed by atoms with Gasteiger partial charge < -0.3 is 19.7 Å². The maximum Gasteiger partial charge on any atom is 0.408 e. The van der Waals surface area contributed by atoms with Crippen LogP contribution in [0.1, 0.15) is 5.56 Å². The van der Waals surface area contributed by atoms with Crippen molar-refractivity contribution in [2.75, 3.05) is 0 Å². The molecule has 3 rings (SSSR count). The fourth-order valence-corrected chi connectivity index (χ4v) is 3.11. The van der Waals surface area contributed by atoms with Crippen LogP contribution >= 0.6 is 11.3 Å². The number of carbonyl (C=O) groups excluding carboxylic acids is 1. The van der Waals surface area contributed by atoms with Gasteiger partial charge in [0.05, 0.1) is 11.4 Å². The maximum absolute atomic E-state index is 12.0. The lowest BCUT2D eigenvalue weighted by atomic mass is 10.2. The summed E-state index contributed by atoms with van der Waals surface area (Å²) >= 11 is 1.51. The number of rotatable bonds is 7. The Kier molecular flexibility index (Phi) is 5.65. The summed E-state index contributed by atoms with van der Waals surface area (Å²) in [6, 6.07) is 11.8. The molecule has 1 unspecified atom stereocenters. The molecule has 1 atom stereocenters. The largest absolute Gasteiger partial charge is 0.480 e. The van der Waals surface area contributed by atoms with E-state index >= 15 is 0 Å². The van der Waals surface area contributed by atoms with Crippen LogP contribution in [0.15, 0.2) is 60.2 Å². The molecule has 0 aliphatic heterocycles. The predicted octanol–water partition coefficient (Wildman–Crippen LogP) is 2.99. The number of thiophene rings is 1. The van der Waals surface area contributed by atoms with Crippen LogP contribution in [0.5, 0.6) is 0 Å². The number of aliphatic carboxylic acids is 1. The van der Waals surface area contributed by atoms with E-state index in [1.807, 2.05) is 47.8 Å². The number of carboxylic acid groups (broad SMARTS) is 1. The van der Waals surface area contributed by atoms with Crippen LogP contribution in [-0.2, 0) is 22.7 Å². The van der Waals surface area contributed by atoms with E-state index in [2.05, 4.69) is 10.3 Å². The van der Waals surface area contributed by atoms with Gasteiger partial charge in [-0.1, -0.05) is 36.4 Å². The molecule has 2 N–H and O–H groups in total. The maximum atomic E-state index is 12.0. The summed E-state index contributed by atoms with van der Waals surface area (Å²) in [5.41, 5.74) is 0.823. The molecule has 2 aromatic heterocycles. The highest BCUT2D eigenvalue weighted by atomic mass is 32.1. The average Bonchev–Trinajstić information content (AvgIpc) is 3.31. The minimum Gasteiger partial charge on any atom is -0.480 e. The highest BCUT2D eigenvalue weighted by Gasteiger charge is 2.23. The Hall–Kier alpha value is -3.13. The molecule has 26 heavy (non-hydrogen) atoms. The van der Waals surface area contributed by atoms with Crippen molar-refractivity contribution in [3.05, 3.63) is 65.8 Å². The summed E-state index contributed by atoms with van der Waals surface area (Å²) in [6.45, 7) is 0.119. The second kappa shape index (κ2) is 8.30. The van der Waals surface area contributed by atoms with Gasteiger partial charge in [0.25, 0.3) is 0 Å². The van der Waals surface area contributed by atoms with Crippen molar-refractivity contribution in [3.63, 3.8) is 0 Å². The van der Waals surface area contributed by atoms with Gasteiger partial charge in [-0.2, -0.15) is 0 Å². The number of ether oxygens (including phenoxy) is 1. The van der Waals surface area contributed by atoms with Gasteiger partial charge in [-0.25, -0.2) is 14.6 Å². The van der Waals surface area contributed by atoms with E-state index in [9.17, 15) is 14.7 Å². The smallest absolute Gasteiger partial charge is 0.408 e. The van der Waals surface area contributed by atoms with E-state index in [1.165, 1.54) is 11.3 Å². The number of carbonyl (C=O) groups is 2. The first-order chi connectivity index (χ1) is 12.6. The lowest BCUT2D eigenvalue weighted by molar-refractivity contribution is -0.139. The molecule has 0 saturated heterocycles. The van der Waals surface area contributed by atoms with Crippen molar-refractivity contribution in [2.24, 2.45) is 0 Å². The zero-order chi connectivity index (χ0) is 18.4. The Labute approximate surface area is 153 Å². The number of hydrogen-bond donors (Lipinski definition) is 2. The molecule has 1 amide bonds. The highest BCUT2D eigenvalue weighted by Crippen LogP contribution is 2.23.